The first-order chi connectivity index (χ1) is 11.5. The van der Waals surface area contributed by atoms with Crippen LogP contribution < -0.4 is 4.90 Å². The second-order valence-corrected chi connectivity index (χ2v) is 6.66. The molecule has 3 rings (SSSR count). The zero-order valence-electron chi connectivity index (χ0n) is 14.9. The zero-order chi connectivity index (χ0) is 17.1. The predicted octanol–water partition coefficient (Wildman–Crippen LogP) is 1.52. The van der Waals surface area contributed by atoms with Crippen LogP contribution in [0.5, 0.6) is 0 Å². The van der Waals surface area contributed by atoms with E-state index in [-0.39, 0.29) is 12.2 Å². The summed E-state index contributed by atoms with van der Waals surface area (Å²) in [5.74, 6) is 0.758. The van der Waals surface area contributed by atoms with E-state index < -0.39 is 0 Å². The Hall–Kier alpha value is -1.99. The number of aromatic nitrogens is 4. The summed E-state index contributed by atoms with van der Waals surface area (Å²) >= 11 is 0. The summed E-state index contributed by atoms with van der Waals surface area (Å²) in [4.78, 5) is 4.54. The van der Waals surface area contributed by atoms with Gasteiger partial charge in [-0.15, -0.1) is 0 Å². The maximum absolute atomic E-state index is 5.79. The van der Waals surface area contributed by atoms with Crippen molar-refractivity contribution in [3.63, 3.8) is 0 Å². The number of ether oxygens (including phenoxy) is 1. The minimum Gasteiger partial charge on any atom is -0.373 e. The molecule has 0 radical (unpaired) electrons. The molecule has 7 heteroatoms. The number of benzene rings is 1. The maximum atomic E-state index is 5.79. The van der Waals surface area contributed by atoms with Crippen LogP contribution in [0.3, 0.4) is 0 Å². The summed E-state index contributed by atoms with van der Waals surface area (Å²) in [5.41, 5.74) is 2.19. The molecule has 1 aromatic heterocycles. The van der Waals surface area contributed by atoms with Crippen LogP contribution in [0.25, 0.3) is 5.69 Å². The molecule has 1 aromatic carbocycles. The lowest BCUT2D eigenvalue weighted by molar-refractivity contribution is -0.0670. The average molecular weight is 330 g/mol. The first-order valence-electron chi connectivity index (χ1n) is 8.47. The molecule has 0 aliphatic carbocycles. The summed E-state index contributed by atoms with van der Waals surface area (Å²) in [5, 5.41) is 12.2. The van der Waals surface area contributed by atoms with E-state index in [1.165, 1.54) is 5.56 Å². The molecule has 0 saturated carbocycles. The lowest BCUT2D eigenvalue weighted by Gasteiger charge is -2.36. The van der Waals surface area contributed by atoms with Crippen molar-refractivity contribution in [2.24, 2.45) is 0 Å². The fourth-order valence-electron chi connectivity index (χ4n) is 3.13. The number of nitrogens with zero attached hydrogens (tertiary/aromatic N) is 6. The van der Waals surface area contributed by atoms with Gasteiger partial charge in [0, 0.05) is 33.2 Å². The molecular weight excluding hydrogens is 304 g/mol. The van der Waals surface area contributed by atoms with Crippen LogP contribution in [-0.2, 0) is 4.74 Å². The standard InChI is InChI=1S/C17H26N6O/c1-13-5-7-16(8-6-13)23-17(18-19-20-23)21(4)9-10-22-11-14(2)24-15(3)12-22/h5-8,14-15H,9-12H2,1-4H3/t14-,15+. The highest BCUT2D eigenvalue weighted by molar-refractivity contribution is 5.41. The van der Waals surface area contributed by atoms with Gasteiger partial charge >= 0.3 is 0 Å². The zero-order valence-corrected chi connectivity index (χ0v) is 14.9. The Bertz CT molecular complexity index is 645. The van der Waals surface area contributed by atoms with Gasteiger partial charge in [0.15, 0.2) is 0 Å². The second kappa shape index (κ2) is 7.27. The molecule has 0 bridgehead atoms. The number of morpholine rings is 1. The van der Waals surface area contributed by atoms with Crippen molar-refractivity contribution in [1.82, 2.24) is 25.1 Å². The van der Waals surface area contributed by atoms with E-state index in [2.05, 4.69) is 58.2 Å². The van der Waals surface area contributed by atoms with Crippen LogP contribution in [0.15, 0.2) is 24.3 Å². The predicted molar refractivity (Wildman–Crippen MR) is 93.6 cm³/mol. The molecular formula is C17H26N6O. The molecule has 7 nitrogen and oxygen atoms in total. The minimum atomic E-state index is 0.289. The fraction of sp³-hybridized carbons (Fsp3) is 0.588. The third-order valence-corrected chi connectivity index (χ3v) is 4.32. The van der Waals surface area contributed by atoms with Crippen molar-refractivity contribution >= 4 is 5.95 Å². The summed E-state index contributed by atoms with van der Waals surface area (Å²) < 4.78 is 7.57. The van der Waals surface area contributed by atoms with E-state index in [1.807, 2.05) is 19.2 Å². The number of anilines is 1. The van der Waals surface area contributed by atoms with Gasteiger partial charge in [-0.25, -0.2) is 0 Å². The molecule has 2 heterocycles. The van der Waals surface area contributed by atoms with E-state index in [1.54, 1.807) is 4.68 Å². The smallest absolute Gasteiger partial charge is 0.250 e. The second-order valence-electron chi connectivity index (χ2n) is 6.66. The van der Waals surface area contributed by atoms with Crippen LogP contribution in [0.2, 0.25) is 0 Å². The van der Waals surface area contributed by atoms with E-state index >= 15 is 0 Å². The molecule has 1 aliphatic rings. The van der Waals surface area contributed by atoms with E-state index in [9.17, 15) is 0 Å². The van der Waals surface area contributed by atoms with Gasteiger partial charge in [-0.1, -0.05) is 22.8 Å². The first-order valence-corrected chi connectivity index (χ1v) is 8.47. The SMILES string of the molecule is Cc1ccc(-n2nnnc2N(C)CCN2C[C@@H](C)O[C@@H](C)C2)cc1. The van der Waals surface area contributed by atoms with Gasteiger partial charge < -0.3 is 9.64 Å². The van der Waals surface area contributed by atoms with Crippen LogP contribution in [0, 0.1) is 6.92 Å². The minimum absolute atomic E-state index is 0.289. The lowest BCUT2D eigenvalue weighted by Crippen LogP contribution is -2.47. The number of hydrogen-bond donors (Lipinski definition) is 0. The number of rotatable bonds is 5. The highest BCUT2D eigenvalue weighted by Crippen LogP contribution is 2.16. The summed E-state index contributed by atoms with van der Waals surface area (Å²) in [6, 6.07) is 8.21. The Morgan fingerprint density at radius 3 is 2.50 bits per heavy atom. The van der Waals surface area contributed by atoms with Crippen molar-refractivity contribution in [2.45, 2.75) is 33.0 Å². The van der Waals surface area contributed by atoms with Crippen LogP contribution in [0.4, 0.5) is 5.95 Å². The monoisotopic (exact) mass is 330 g/mol. The van der Waals surface area contributed by atoms with Crippen molar-refractivity contribution < 1.29 is 4.74 Å². The van der Waals surface area contributed by atoms with Gasteiger partial charge in [-0.05, 0) is 43.3 Å². The Morgan fingerprint density at radius 1 is 1.17 bits per heavy atom. The van der Waals surface area contributed by atoms with Gasteiger partial charge in [-0.2, -0.15) is 4.68 Å². The van der Waals surface area contributed by atoms with Crippen molar-refractivity contribution in [1.29, 1.82) is 0 Å². The molecule has 1 aliphatic heterocycles. The molecule has 0 unspecified atom stereocenters. The molecule has 2 aromatic rings. The third kappa shape index (κ3) is 3.91. The van der Waals surface area contributed by atoms with Crippen molar-refractivity contribution in [3.05, 3.63) is 29.8 Å². The molecule has 24 heavy (non-hydrogen) atoms. The van der Waals surface area contributed by atoms with E-state index in [0.717, 1.165) is 37.8 Å². The van der Waals surface area contributed by atoms with Gasteiger partial charge in [0.05, 0.1) is 17.9 Å². The Kier molecular flexibility index (Phi) is 5.11. The summed E-state index contributed by atoms with van der Waals surface area (Å²) in [6.07, 6.45) is 0.578. The van der Waals surface area contributed by atoms with Gasteiger partial charge in [-0.3, -0.25) is 4.90 Å². The quantitative estimate of drug-likeness (QED) is 0.828. The molecule has 130 valence electrons. The van der Waals surface area contributed by atoms with Gasteiger partial charge in [0.2, 0.25) is 5.95 Å². The highest BCUT2D eigenvalue weighted by Gasteiger charge is 2.22. The molecule has 1 saturated heterocycles. The summed E-state index contributed by atoms with van der Waals surface area (Å²) in [6.45, 7) is 10.1. The first kappa shape index (κ1) is 16.9. The van der Waals surface area contributed by atoms with E-state index in [0.29, 0.717) is 0 Å². The largest absolute Gasteiger partial charge is 0.373 e. The molecule has 1 fully saturated rings. The molecule has 0 N–H and O–H groups in total. The molecule has 0 spiro atoms. The number of hydrogen-bond acceptors (Lipinski definition) is 6. The van der Waals surface area contributed by atoms with Crippen LogP contribution in [0.1, 0.15) is 19.4 Å². The maximum Gasteiger partial charge on any atom is 0.250 e. The Labute approximate surface area is 143 Å². The average Bonchev–Trinajstić information content (AvgIpc) is 3.02. The topological polar surface area (TPSA) is 59.3 Å². The molecule has 0 amide bonds. The number of tetrazole rings is 1. The summed E-state index contributed by atoms with van der Waals surface area (Å²) in [7, 11) is 2.03. The Morgan fingerprint density at radius 2 is 1.83 bits per heavy atom. The lowest BCUT2D eigenvalue weighted by atomic mass is 10.2. The normalized spacial score (nSPS) is 21.8. The van der Waals surface area contributed by atoms with Crippen LogP contribution in [-0.4, -0.2) is 70.5 Å². The van der Waals surface area contributed by atoms with Crippen LogP contribution >= 0.6 is 0 Å². The Balaban J connectivity index is 1.64. The van der Waals surface area contributed by atoms with Gasteiger partial charge in [0.25, 0.3) is 0 Å². The highest BCUT2D eigenvalue weighted by atomic mass is 16.5. The van der Waals surface area contributed by atoms with Crippen molar-refractivity contribution in [3.8, 4) is 5.69 Å². The van der Waals surface area contributed by atoms with E-state index in [4.69, 9.17) is 4.74 Å². The molecule has 2 atom stereocenters. The number of likely N-dealkylation sites (N-methyl/N-ethyl adjacent to an activating group) is 1. The van der Waals surface area contributed by atoms with Gasteiger partial charge in [0.1, 0.15) is 0 Å². The number of aryl methyl sites for hydroxylation is 1. The third-order valence-electron chi connectivity index (χ3n) is 4.32. The van der Waals surface area contributed by atoms with Crippen molar-refractivity contribution in [2.75, 3.05) is 38.1 Å². The fourth-order valence-corrected chi connectivity index (χ4v) is 3.13.